The van der Waals surface area contributed by atoms with E-state index in [-0.39, 0.29) is 11.1 Å². The number of halogens is 3. The van der Waals surface area contributed by atoms with Crippen LogP contribution in [-0.4, -0.2) is 9.13 Å². The van der Waals surface area contributed by atoms with Gasteiger partial charge in [-0.2, -0.15) is 44.7 Å². The van der Waals surface area contributed by atoms with Gasteiger partial charge in [-0.25, -0.2) is 0 Å². The van der Waals surface area contributed by atoms with E-state index in [0.29, 0.717) is 55.9 Å². The third-order valence-corrected chi connectivity index (χ3v) is 15.6. The summed E-state index contributed by atoms with van der Waals surface area (Å²) in [7, 11) is 0. The predicted octanol–water partition coefficient (Wildman–Crippen LogP) is 18.1. The zero-order chi connectivity index (χ0) is 57.8. The van der Waals surface area contributed by atoms with Crippen molar-refractivity contribution in [2.75, 3.05) is 0 Å². The topological polar surface area (TPSA) is 153 Å². The molecule has 13 rings (SSSR count). The van der Waals surface area contributed by atoms with Gasteiger partial charge in [0.1, 0.15) is 0 Å². The van der Waals surface area contributed by atoms with Gasteiger partial charge in [0, 0.05) is 38.4 Å². The van der Waals surface area contributed by atoms with Gasteiger partial charge >= 0.3 is 6.18 Å². The molecule has 0 fully saturated rings. The summed E-state index contributed by atoms with van der Waals surface area (Å²) in [6.07, 6.45) is -4.72. The Bertz CT molecular complexity index is 4930. The van der Waals surface area contributed by atoms with Gasteiger partial charge in [0.25, 0.3) is 0 Å². The molecule has 0 aliphatic carbocycles. The van der Waals surface area contributed by atoms with E-state index in [9.17, 15) is 44.7 Å². The van der Waals surface area contributed by atoms with Crippen LogP contribution in [0.1, 0.15) is 38.9 Å². The fraction of sp³-hybridized carbons (Fsp3) is 0.0137. The standard InChI is InChI=1S/C73H37F3N8/c74-73(75,76)58-22-24-60(57(32-58)43-82)61-25-23-59(83-68-27-18-53(49-10-1-44(38-77)2-11-49)33-64(68)65-34-54(19-28-69(65)83)50-12-3-45(39-78)4-13-50)37-62(61)63-31-48(42-81)9-26-70(63)84-71-29-20-55(51-14-5-46(40-79)6-15-51)35-66(71)67-36-56(21-30-72(67)84)52-16-7-47(41-80)8-17-52/h1-37H. The molecule has 2 heterocycles. The van der Waals surface area contributed by atoms with Crippen molar-refractivity contribution in [3.05, 3.63) is 263 Å². The number of hydrogen-bond donors (Lipinski definition) is 0. The minimum absolute atomic E-state index is 0.193. The third kappa shape index (κ3) is 8.87. The van der Waals surface area contributed by atoms with E-state index < -0.39 is 11.7 Å². The average molecular weight is 1080 g/mol. The lowest BCUT2D eigenvalue weighted by Crippen LogP contribution is -2.06. The number of nitriles is 6. The summed E-state index contributed by atoms with van der Waals surface area (Å²) < 4.78 is 47.5. The summed E-state index contributed by atoms with van der Waals surface area (Å²) in [6.45, 7) is 0. The van der Waals surface area contributed by atoms with Crippen LogP contribution in [0.4, 0.5) is 13.2 Å². The molecule has 0 atom stereocenters. The Morgan fingerprint density at radius 1 is 0.274 bits per heavy atom. The van der Waals surface area contributed by atoms with E-state index in [4.69, 9.17) is 0 Å². The molecular weight excluding hydrogens is 1050 g/mol. The molecule has 13 aromatic rings. The molecule has 0 saturated carbocycles. The van der Waals surface area contributed by atoms with Crippen LogP contribution in [0, 0.1) is 68.0 Å². The first kappa shape index (κ1) is 51.2. The Hall–Kier alpha value is -12.3. The van der Waals surface area contributed by atoms with E-state index in [1.54, 1.807) is 60.7 Å². The zero-order valence-electron chi connectivity index (χ0n) is 44.1. The van der Waals surface area contributed by atoms with Crippen molar-refractivity contribution in [3.63, 3.8) is 0 Å². The van der Waals surface area contributed by atoms with E-state index >= 15 is 0 Å². The highest BCUT2D eigenvalue weighted by Crippen LogP contribution is 2.46. The highest BCUT2D eigenvalue weighted by Gasteiger charge is 2.32. The summed E-state index contributed by atoms with van der Waals surface area (Å²) in [5.74, 6) is 0. The van der Waals surface area contributed by atoms with Gasteiger partial charge in [0.15, 0.2) is 0 Å². The smallest absolute Gasteiger partial charge is 0.309 e. The monoisotopic (exact) mass is 1080 g/mol. The maximum atomic E-state index is 14.4. The summed E-state index contributed by atoms with van der Waals surface area (Å²) in [5.41, 5.74) is 14.8. The Kier molecular flexibility index (Phi) is 12.5. The van der Waals surface area contributed by atoms with Crippen LogP contribution in [0.15, 0.2) is 224 Å². The van der Waals surface area contributed by atoms with Crippen LogP contribution in [0.2, 0.25) is 0 Å². The van der Waals surface area contributed by atoms with Gasteiger partial charge in [-0.1, -0.05) is 84.9 Å². The number of hydrogen-bond acceptors (Lipinski definition) is 6. The second kappa shape index (κ2) is 20.4. The second-order valence-electron chi connectivity index (χ2n) is 20.3. The molecule has 0 saturated heterocycles. The molecule has 0 radical (unpaired) electrons. The molecule has 0 N–H and O–H groups in total. The molecule has 0 aliphatic heterocycles. The quantitative estimate of drug-likeness (QED) is 0.148. The molecule has 11 heteroatoms. The number of nitrogens with zero attached hydrogens (tertiary/aromatic N) is 8. The maximum absolute atomic E-state index is 14.4. The van der Waals surface area contributed by atoms with Crippen LogP contribution in [0.5, 0.6) is 0 Å². The highest BCUT2D eigenvalue weighted by molar-refractivity contribution is 6.14. The number of fused-ring (bicyclic) bond motifs is 6. The lowest BCUT2D eigenvalue weighted by molar-refractivity contribution is -0.137. The van der Waals surface area contributed by atoms with Crippen LogP contribution >= 0.6 is 0 Å². The first-order valence-corrected chi connectivity index (χ1v) is 26.5. The van der Waals surface area contributed by atoms with Crippen molar-refractivity contribution in [1.82, 2.24) is 9.13 Å². The molecule has 0 amide bonds. The Labute approximate surface area is 479 Å². The van der Waals surface area contributed by atoms with Crippen LogP contribution in [-0.2, 0) is 6.18 Å². The molecule has 390 valence electrons. The first-order valence-electron chi connectivity index (χ1n) is 26.5. The number of benzene rings is 11. The molecule has 84 heavy (non-hydrogen) atoms. The van der Waals surface area contributed by atoms with Gasteiger partial charge < -0.3 is 9.13 Å². The summed E-state index contributed by atoms with van der Waals surface area (Å²) >= 11 is 0. The normalized spacial score (nSPS) is 11.2. The van der Waals surface area contributed by atoms with Crippen LogP contribution < -0.4 is 0 Å². The SMILES string of the molecule is N#Cc1ccc(-c2ccc3c(c2)c2cc(-c4ccc(C#N)cc4)ccc2n3-c2ccc(-c3ccc(C(F)(F)F)cc3C#N)c(-c3cc(C#N)ccc3-n3c4ccc(-c5ccc(C#N)cc5)cc4c4cc(-c5ccc(C#N)cc5)ccc43)c2)cc1. The molecule has 2 aromatic heterocycles. The van der Waals surface area contributed by atoms with Crippen molar-refractivity contribution in [3.8, 4) is 115 Å². The number of alkyl halides is 3. The van der Waals surface area contributed by atoms with Gasteiger partial charge in [0.05, 0.1) is 103 Å². The van der Waals surface area contributed by atoms with Gasteiger partial charge in [-0.05, 0) is 195 Å². The van der Waals surface area contributed by atoms with E-state index in [1.807, 2.05) is 121 Å². The molecule has 0 aliphatic rings. The van der Waals surface area contributed by atoms with Crippen molar-refractivity contribution in [2.24, 2.45) is 0 Å². The molecular formula is C73H37F3N8. The average Bonchev–Trinajstić information content (AvgIpc) is 2.14. The fourth-order valence-corrected chi connectivity index (χ4v) is 11.4. The Balaban J connectivity index is 1.09. The first-order chi connectivity index (χ1) is 40.9. The highest BCUT2D eigenvalue weighted by atomic mass is 19.4. The van der Waals surface area contributed by atoms with Gasteiger partial charge in [-0.15, -0.1) is 0 Å². The molecule has 0 bridgehead atoms. The molecule has 11 aromatic carbocycles. The van der Waals surface area contributed by atoms with Crippen molar-refractivity contribution >= 4 is 43.6 Å². The largest absolute Gasteiger partial charge is 0.416 e. The lowest BCUT2D eigenvalue weighted by Gasteiger charge is -2.20. The molecule has 8 nitrogen and oxygen atoms in total. The van der Waals surface area contributed by atoms with Crippen LogP contribution in [0.3, 0.4) is 0 Å². The molecule has 0 spiro atoms. The minimum atomic E-state index is -4.72. The number of rotatable bonds is 8. The van der Waals surface area contributed by atoms with Gasteiger partial charge in [-0.3, -0.25) is 0 Å². The van der Waals surface area contributed by atoms with E-state index in [1.165, 1.54) is 6.07 Å². The minimum Gasteiger partial charge on any atom is -0.309 e. The number of aromatic nitrogens is 2. The summed E-state index contributed by atoms with van der Waals surface area (Å²) in [6, 6.07) is 81.6. The van der Waals surface area contributed by atoms with Crippen molar-refractivity contribution < 1.29 is 13.2 Å². The second-order valence-corrected chi connectivity index (χ2v) is 20.3. The third-order valence-electron chi connectivity index (χ3n) is 15.6. The van der Waals surface area contributed by atoms with E-state index in [0.717, 1.165) is 100 Å². The summed E-state index contributed by atoms with van der Waals surface area (Å²) in [5, 5.41) is 63.4. The zero-order valence-corrected chi connectivity index (χ0v) is 44.1. The maximum Gasteiger partial charge on any atom is 0.416 e. The molecule has 0 unspecified atom stereocenters. The summed E-state index contributed by atoms with van der Waals surface area (Å²) in [4.78, 5) is 0. The van der Waals surface area contributed by atoms with E-state index in [2.05, 4.69) is 69.8 Å². The van der Waals surface area contributed by atoms with Crippen LogP contribution in [0.25, 0.3) is 122 Å². The van der Waals surface area contributed by atoms with Crippen molar-refractivity contribution in [2.45, 2.75) is 6.18 Å². The lowest BCUT2D eigenvalue weighted by atomic mass is 9.89. The Morgan fingerprint density at radius 2 is 0.631 bits per heavy atom. The van der Waals surface area contributed by atoms with Gasteiger partial charge in [0.2, 0.25) is 0 Å². The predicted molar refractivity (Wildman–Crippen MR) is 321 cm³/mol. The fourth-order valence-electron chi connectivity index (χ4n) is 11.4. The Morgan fingerprint density at radius 3 is 1.00 bits per heavy atom. The van der Waals surface area contributed by atoms with Crippen molar-refractivity contribution in [1.29, 1.82) is 31.6 Å².